The minimum atomic E-state index is -0.808. The molecule has 0 spiro atoms. The maximum atomic E-state index is 11.7. The summed E-state index contributed by atoms with van der Waals surface area (Å²) in [6.07, 6.45) is 0. The highest BCUT2D eigenvalue weighted by molar-refractivity contribution is 7.84. The first-order chi connectivity index (χ1) is 10.1. The Bertz CT molecular complexity index is 640. The van der Waals surface area contributed by atoms with Crippen molar-refractivity contribution in [2.45, 2.75) is 32.7 Å². The van der Waals surface area contributed by atoms with E-state index >= 15 is 0 Å². The number of halogens is 1. The van der Waals surface area contributed by atoms with E-state index in [1.807, 2.05) is 39.0 Å². The van der Waals surface area contributed by atoms with Crippen LogP contribution in [0.2, 0.25) is 0 Å². The molecule has 0 amide bonds. The van der Waals surface area contributed by atoms with Crippen LogP contribution in [-0.2, 0) is 17.3 Å². The van der Waals surface area contributed by atoms with Gasteiger partial charge < -0.3 is 9.30 Å². The van der Waals surface area contributed by atoms with Crippen LogP contribution in [0.1, 0.15) is 32.0 Å². The van der Waals surface area contributed by atoms with Crippen LogP contribution in [0, 0.1) is 0 Å². The van der Waals surface area contributed by atoms with Crippen molar-refractivity contribution >= 4 is 33.4 Å². The molecular formula is C15H21ClN2O2S. The molecule has 2 unspecified atom stereocenters. The second-order valence-electron chi connectivity index (χ2n) is 4.73. The highest BCUT2D eigenvalue weighted by Crippen LogP contribution is 2.30. The van der Waals surface area contributed by atoms with Crippen LogP contribution >= 0.6 is 11.6 Å². The minimum Gasteiger partial charge on any atom is -0.492 e. The van der Waals surface area contributed by atoms with Crippen molar-refractivity contribution in [3.63, 3.8) is 0 Å². The maximum absolute atomic E-state index is 11.7. The van der Waals surface area contributed by atoms with Crippen molar-refractivity contribution < 1.29 is 8.95 Å². The molecule has 2 atom stereocenters. The van der Waals surface area contributed by atoms with E-state index in [-0.39, 0.29) is 5.38 Å². The van der Waals surface area contributed by atoms with E-state index in [1.54, 1.807) is 0 Å². The van der Waals surface area contributed by atoms with Crippen LogP contribution in [0.3, 0.4) is 0 Å². The van der Waals surface area contributed by atoms with E-state index in [2.05, 4.69) is 9.55 Å². The Balaban J connectivity index is 2.47. The van der Waals surface area contributed by atoms with Crippen molar-refractivity contribution in [3.8, 4) is 5.75 Å². The molecular weight excluding hydrogens is 308 g/mol. The van der Waals surface area contributed by atoms with Gasteiger partial charge in [0, 0.05) is 28.9 Å². The third-order valence-corrected chi connectivity index (χ3v) is 4.77. The highest BCUT2D eigenvalue weighted by Gasteiger charge is 2.17. The standard InChI is InChI=1S/C15H21ClN2O2S/c1-4-20-13-8-6-7-12-14(13)17-15(11(3)16)18(12)9-10-21(19)5-2/h6-8,11H,4-5,9-10H2,1-3H3. The van der Waals surface area contributed by atoms with Crippen molar-refractivity contribution in [2.24, 2.45) is 0 Å². The lowest BCUT2D eigenvalue weighted by Gasteiger charge is -2.10. The number of hydrogen-bond donors (Lipinski definition) is 0. The van der Waals surface area contributed by atoms with E-state index in [9.17, 15) is 4.21 Å². The smallest absolute Gasteiger partial charge is 0.147 e. The maximum Gasteiger partial charge on any atom is 0.147 e. The second-order valence-corrected chi connectivity index (χ2v) is 7.25. The number of rotatable bonds is 7. The molecule has 116 valence electrons. The van der Waals surface area contributed by atoms with E-state index in [4.69, 9.17) is 16.3 Å². The molecule has 2 aromatic rings. The van der Waals surface area contributed by atoms with Crippen LogP contribution in [0.4, 0.5) is 0 Å². The van der Waals surface area contributed by atoms with Gasteiger partial charge in [0.15, 0.2) is 0 Å². The molecule has 0 saturated carbocycles. The average Bonchev–Trinajstić information content (AvgIpc) is 2.85. The Morgan fingerprint density at radius 3 is 2.81 bits per heavy atom. The summed E-state index contributed by atoms with van der Waals surface area (Å²) < 4.78 is 19.4. The van der Waals surface area contributed by atoms with Gasteiger partial charge in [-0.15, -0.1) is 11.6 Å². The summed E-state index contributed by atoms with van der Waals surface area (Å²) in [6.45, 7) is 7.03. The van der Waals surface area contributed by atoms with Gasteiger partial charge >= 0.3 is 0 Å². The van der Waals surface area contributed by atoms with Gasteiger partial charge in [-0.1, -0.05) is 13.0 Å². The molecule has 0 fully saturated rings. The number of ether oxygens (including phenoxy) is 1. The number of hydrogen-bond acceptors (Lipinski definition) is 3. The summed E-state index contributed by atoms with van der Waals surface area (Å²) in [5.41, 5.74) is 1.81. The fraction of sp³-hybridized carbons (Fsp3) is 0.533. The van der Waals surface area contributed by atoms with Gasteiger partial charge in [0.25, 0.3) is 0 Å². The summed E-state index contributed by atoms with van der Waals surface area (Å²) in [7, 11) is -0.808. The van der Waals surface area contributed by atoms with Crippen molar-refractivity contribution in [1.82, 2.24) is 9.55 Å². The molecule has 21 heavy (non-hydrogen) atoms. The average molecular weight is 329 g/mol. The lowest BCUT2D eigenvalue weighted by atomic mass is 10.3. The topological polar surface area (TPSA) is 44.1 Å². The number of imidazole rings is 1. The third-order valence-electron chi connectivity index (χ3n) is 3.29. The zero-order valence-corrected chi connectivity index (χ0v) is 14.2. The van der Waals surface area contributed by atoms with E-state index in [0.29, 0.717) is 24.7 Å². The molecule has 1 heterocycles. The predicted octanol–water partition coefficient (Wildman–Crippen LogP) is 3.50. The number of nitrogens with zero attached hydrogens (tertiary/aromatic N) is 2. The van der Waals surface area contributed by atoms with E-state index < -0.39 is 10.8 Å². The second kappa shape index (κ2) is 7.27. The first kappa shape index (κ1) is 16.3. The molecule has 0 aliphatic heterocycles. The number of aryl methyl sites for hydroxylation is 1. The largest absolute Gasteiger partial charge is 0.492 e. The zero-order valence-electron chi connectivity index (χ0n) is 12.6. The molecule has 0 aliphatic carbocycles. The monoisotopic (exact) mass is 328 g/mol. The number of benzene rings is 1. The van der Waals surface area contributed by atoms with Crippen molar-refractivity contribution in [3.05, 3.63) is 24.0 Å². The molecule has 0 radical (unpaired) electrons. The third kappa shape index (κ3) is 3.58. The number of aromatic nitrogens is 2. The van der Waals surface area contributed by atoms with Crippen LogP contribution in [-0.4, -0.2) is 31.9 Å². The van der Waals surface area contributed by atoms with Gasteiger partial charge in [-0.25, -0.2) is 4.98 Å². The first-order valence-corrected chi connectivity index (χ1v) is 9.11. The number of alkyl halides is 1. The molecule has 0 aliphatic rings. The first-order valence-electron chi connectivity index (χ1n) is 7.19. The Hall–Kier alpha value is -1.07. The molecule has 0 N–H and O–H groups in total. The quantitative estimate of drug-likeness (QED) is 0.731. The van der Waals surface area contributed by atoms with Gasteiger partial charge in [0.05, 0.1) is 17.5 Å². The molecule has 0 bridgehead atoms. The summed E-state index contributed by atoms with van der Waals surface area (Å²) >= 11 is 6.26. The molecule has 1 aromatic carbocycles. The van der Waals surface area contributed by atoms with Gasteiger partial charge in [-0.2, -0.15) is 0 Å². The van der Waals surface area contributed by atoms with Crippen molar-refractivity contribution in [2.75, 3.05) is 18.1 Å². The van der Waals surface area contributed by atoms with Gasteiger partial charge in [0.2, 0.25) is 0 Å². The molecule has 2 rings (SSSR count). The number of fused-ring (bicyclic) bond motifs is 1. The van der Waals surface area contributed by atoms with E-state index in [0.717, 1.165) is 22.6 Å². The van der Waals surface area contributed by atoms with Crippen LogP contribution < -0.4 is 4.74 Å². The molecule has 4 nitrogen and oxygen atoms in total. The minimum absolute atomic E-state index is 0.207. The normalized spacial score (nSPS) is 14.3. The van der Waals surface area contributed by atoms with Gasteiger partial charge in [-0.3, -0.25) is 4.21 Å². The lowest BCUT2D eigenvalue weighted by molar-refractivity contribution is 0.343. The van der Waals surface area contributed by atoms with Gasteiger partial charge in [-0.05, 0) is 26.0 Å². The predicted molar refractivity (Wildman–Crippen MR) is 88.7 cm³/mol. The molecule has 1 aromatic heterocycles. The van der Waals surface area contributed by atoms with E-state index in [1.165, 1.54) is 0 Å². The number of para-hydroxylation sites is 1. The van der Waals surface area contributed by atoms with Crippen LogP contribution in [0.5, 0.6) is 5.75 Å². The summed E-state index contributed by atoms with van der Waals surface area (Å²) in [5.74, 6) is 2.84. The van der Waals surface area contributed by atoms with Crippen LogP contribution in [0.25, 0.3) is 11.0 Å². The van der Waals surface area contributed by atoms with Crippen LogP contribution in [0.15, 0.2) is 18.2 Å². The lowest BCUT2D eigenvalue weighted by Crippen LogP contribution is -2.12. The fourth-order valence-electron chi connectivity index (χ4n) is 2.29. The Labute approximate surface area is 132 Å². The molecule has 6 heteroatoms. The SMILES string of the molecule is CCOc1cccc2c1nc(C(C)Cl)n2CCS(=O)CC. The Kier molecular flexibility index (Phi) is 5.65. The van der Waals surface area contributed by atoms with Gasteiger partial charge in [0.1, 0.15) is 17.1 Å². The van der Waals surface area contributed by atoms with Crippen molar-refractivity contribution in [1.29, 1.82) is 0 Å². The highest BCUT2D eigenvalue weighted by atomic mass is 35.5. The fourth-order valence-corrected chi connectivity index (χ4v) is 3.13. The summed E-state index contributed by atoms with van der Waals surface area (Å²) in [6, 6.07) is 5.86. The Morgan fingerprint density at radius 1 is 1.43 bits per heavy atom. The molecule has 0 saturated heterocycles. The Morgan fingerprint density at radius 2 is 2.19 bits per heavy atom. The zero-order chi connectivity index (χ0) is 15.4. The summed E-state index contributed by atoms with van der Waals surface area (Å²) in [5, 5.41) is -0.207. The summed E-state index contributed by atoms with van der Waals surface area (Å²) in [4.78, 5) is 4.64.